The zero-order valence-corrected chi connectivity index (χ0v) is 10.9. The van der Waals surface area contributed by atoms with Crippen molar-refractivity contribution in [1.29, 1.82) is 0 Å². The number of rotatable bonds is 3. The van der Waals surface area contributed by atoms with Crippen molar-refractivity contribution >= 4 is 17.4 Å². The van der Waals surface area contributed by atoms with Crippen LogP contribution in [0.25, 0.3) is 0 Å². The summed E-state index contributed by atoms with van der Waals surface area (Å²) in [5.74, 6) is 0.856. The van der Waals surface area contributed by atoms with Crippen LogP contribution in [0.4, 0.5) is 5.69 Å². The van der Waals surface area contributed by atoms with E-state index in [1.807, 2.05) is 38.1 Å². The van der Waals surface area contributed by atoms with Gasteiger partial charge in [-0.15, -0.1) is 11.8 Å². The van der Waals surface area contributed by atoms with Gasteiger partial charge in [0.1, 0.15) is 0 Å². The maximum atomic E-state index is 5.97. The van der Waals surface area contributed by atoms with Crippen molar-refractivity contribution in [2.75, 3.05) is 5.73 Å². The van der Waals surface area contributed by atoms with Gasteiger partial charge in [0.05, 0.1) is 5.69 Å². The first-order chi connectivity index (χ1) is 8.15. The fourth-order valence-corrected chi connectivity index (χ4v) is 2.48. The molecule has 17 heavy (non-hydrogen) atoms. The van der Waals surface area contributed by atoms with Gasteiger partial charge in [0, 0.05) is 22.0 Å². The maximum Gasteiger partial charge on any atom is 0.0509 e. The maximum absolute atomic E-state index is 5.97. The van der Waals surface area contributed by atoms with E-state index in [0.717, 1.165) is 27.7 Å². The number of nitrogens with two attached hydrogens (primary N) is 1. The Hall–Kier alpha value is -1.48. The molecule has 0 saturated heterocycles. The van der Waals surface area contributed by atoms with E-state index >= 15 is 0 Å². The second-order valence-corrected chi connectivity index (χ2v) is 5.12. The van der Waals surface area contributed by atoms with Crippen LogP contribution < -0.4 is 5.73 Å². The van der Waals surface area contributed by atoms with Gasteiger partial charge in [0.25, 0.3) is 0 Å². The largest absolute Gasteiger partial charge is 0.398 e. The van der Waals surface area contributed by atoms with Gasteiger partial charge in [0.2, 0.25) is 0 Å². The lowest BCUT2D eigenvalue weighted by molar-refractivity contribution is 1.11. The average Bonchev–Trinajstić information content (AvgIpc) is 2.28. The minimum atomic E-state index is 0.850. The van der Waals surface area contributed by atoms with Crippen LogP contribution in [0.5, 0.6) is 0 Å². The predicted octanol–water partition coefficient (Wildman–Crippen LogP) is 3.57. The fourth-order valence-electron chi connectivity index (χ4n) is 1.63. The van der Waals surface area contributed by atoms with E-state index in [-0.39, 0.29) is 0 Å². The van der Waals surface area contributed by atoms with E-state index in [0.29, 0.717) is 0 Å². The summed E-state index contributed by atoms with van der Waals surface area (Å²) in [5, 5.41) is 0. The average molecular weight is 244 g/mol. The lowest BCUT2D eigenvalue weighted by atomic mass is 10.2. The molecular weight excluding hydrogens is 228 g/mol. The Labute approximate surface area is 106 Å². The van der Waals surface area contributed by atoms with Crippen LogP contribution in [0.2, 0.25) is 0 Å². The van der Waals surface area contributed by atoms with Gasteiger partial charge in [-0.25, -0.2) is 0 Å². The van der Waals surface area contributed by atoms with Gasteiger partial charge >= 0.3 is 0 Å². The summed E-state index contributed by atoms with van der Waals surface area (Å²) in [7, 11) is 0. The zero-order chi connectivity index (χ0) is 12.3. The van der Waals surface area contributed by atoms with Gasteiger partial charge < -0.3 is 5.73 Å². The van der Waals surface area contributed by atoms with Gasteiger partial charge in [-0.3, -0.25) is 4.98 Å². The fraction of sp³-hybridized carbons (Fsp3) is 0.214. The van der Waals surface area contributed by atoms with Crippen molar-refractivity contribution in [1.82, 2.24) is 4.98 Å². The predicted molar refractivity (Wildman–Crippen MR) is 74.1 cm³/mol. The van der Waals surface area contributed by atoms with Crippen LogP contribution >= 0.6 is 11.8 Å². The molecule has 0 spiro atoms. The van der Waals surface area contributed by atoms with Crippen molar-refractivity contribution in [2.24, 2.45) is 0 Å². The normalized spacial score (nSPS) is 10.5. The molecule has 1 aromatic heterocycles. The summed E-state index contributed by atoms with van der Waals surface area (Å²) < 4.78 is 0. The number of nitrogens with zero attached hydrogens (tertiary/aromatic N) is 1. The molecule has 0 amide bonds. The van der Waals surface area contributed by atoms with Gasteiger partial charge in [-0.2, -0.15) is 0 Å². The highest BCUT2D eigenvalue weighted by molar-refractivity contribution is 7.98. The molecule has 0 radical (unpaired) electrons. The molecule has 0 aliphatic carbocycles. The number of thioether (sulfide) groups is 1. The topological polar surface area (TPSA) is 38.9 Å². The van der Waals surface area contributed by atoms with Crippen LogP contribution in [0.15, 0.2) is 41.3 Å². The van der Waals surface area contributed by atoms with Crippen molar-refractivity contribution in [3.63, 3.8) is 0 Å². The number of aromatic nitrogens is 1. The van der Waals surface area contributed by atoms with Gasteiger partial charge in [-0.05, 0) is 43.7 Å². The second kappa shape index (κ2) is 5.23. The first kappa shape index (κ1) is 12.0. The Balaban J connectivity index is 2.07. The number of anilines is 1. The highest BCUT2D eigenvalue weighted by atomic mass is 32.2. The Morgan fingerprint density at radius 3 is 2.71 bits per heavy atom. The molecule has 1 aromatic carbocycles. The molecule has 0 aliphatic rings. The zero-order valence-electron chi connectivity index (χ0n) is 10.1. The van der Waals surface area contributed by atoms with Gasteiger partial charge in [0.15, 0.2) is 0 Å². The van der Waals surface area contributed by atoms with Crippen molar-refractivity contribution < 1.29 is 0 Å². The third kappa shape index (κ3) is 3.24. The van der Waals surface area contributed by atoms with Gasteiger partial charge in [-0.1, -0.05) is 12.1 Å². The summed E-state index contributed by atoms with van der Waals surface area (Å²) in [6.45, 7) is 4.06. The lowest BCUT2D eigenvalue weighted by Crippen LogP contribution is -1.92. The third-order valence-electron chi connectivity index (χ3n) is 2.49. The molecule has 2 rings (SSSR count). The van der Waals surface area contributed by atoms with Crippen LogP contribution in [-0.4, -0.2) is 4.98 Å². The number of hydrogen-bond acceptors (Lipinski definition) is 3. The molecule has 0 aliphatic heterocycles. The minimum Gasteiger partial charge on any atom is -0.398 e. The van der Waals surface area contributed by atoms with E-state index in [9.17, 15) is 0 Å². The molecular formula is C14H16N2S. The lowest BCUT2D eigenvalue weighted by Gasteiger charge is -2.06. The van der Waals surface area contributed by atoms with E-state index in [1.165, 1.54) is 5.56 Å². The molecule has 0 atom stereocenters. The SMILES string of the molecule is Cc1ccc(SCc2cccc(C)n2)c(N)c1. The first-order valence-corrected chi connectivity index (χ1v) is 6.55. The van der Waals surface area contributed by atoms with Crippen molar-refractivity contribution in [2.45, 2.75) is 24.5 Å². The van der Waals surface area contributed by atoms with Crippen LogP contribution in [0.1, 0.15) is 17.0 Å². The molecule has 0 unspecified atom stereocenters. The Bertz CT molecular complexity index is 523. The standard InChI is InChI=1S/C14H16N2S/c1-10-6-7-14(13(15)8-10)17-9-12-5-3-4-11(2)16-12/h3-8H,9,15H2,1-2H3. The number of nitrogen functional groups attached to an aromatic ring is 1. The van der Waals surface area contributed by atoms with Crippen LogP contribution in [0.3, 0.4) is 0 Å². The number of pyridine rings is 1. The highest BCUT2D eigenvalue weighted by Crippen LogP contribution is 2.28. The number of aryl methyl sites for hydroxylation is 2. The summed E-state index contributed by atoms with van der Waals surface area (Å²) in [6, 6.07) is 12.3. The van der Waals surface area contributed by atoms with E-state index in [4.69, 9.17) is 5.73 Å². The molecule has 88 valence electrons. The number of benzene rings is 1. The monoisotopic (exact) mass is 244 g/mol. The van der Waals surface area contributed by atoms with E-state index in [1.54, 1.807) is 11.8 Å². The highest BCUT2D eigenvalue weighted by Gasteiger charge is 2.02. The third-order valence-corrected chi connectivity index (χ3v) is 3.61. The van der Waals surface area contributed by atoms with E-state index in [2.05, 4.69) is 17.1 Å². The Morgan fingerprint density at radius 2 is 2.00 bits per heavy atom. The molecule has 0 bridgehead atoms. The van der Waals surface area contributed by atoms with Crippen LogP contribution in [0, 0.1) is 13.8 Å². The molecule has 2 nitrogen and oxygen atoms in total. The summed E-state index contributed by atoms with van der Waals surface area (Å²) in [4.78, 5) is 5.60. The molecule has 1 heterocycles. The van der Waals surface area contributed by atoms with Crippen molar-refractivity contribution in [3.8, 4) is 0 Å². The molecule has 2 aromatic rings. The number of hydrogen-bond donors (Lipinski definition) is 1. The molecule has 0 fully saturated rings. The molecule has 2 N–H and O–H groups in total. The Kier molecular flexibility index (Phi) is 3.69. The second-order valence-electron chi connectivity index (χ2n) is 4.10. The quantitative estimate of drug-likeness (QED) is 0.662. The smallest absolute Gasteiger partial charge is 0.0509 e. The summed E-state index contributed by atoms with van der Waals surface area (Å²) in [5.41, 5.74) is 10.2. The Morgan fingerprint density at radius 1 is 1.18 bits per heavy atom. The molecule has 3 heteroatoms. The summed E-state index contributed by atoms with van der Waals surface area (Å²) >= 11 is 1.73. The van der Waals surface area contributed by atoms with Crippen molar-refractivity contribution in [3.05, 3.63) is 53.3 Å². The summed E-state index contributed by atoms with van der Waals surface area (Å²) in [6.07, 6.45) is 0. The first-order valence-electron chi connectivity index (χ1n) is 5.56. The van der Waals surface area contributed by atoms with E-state index < -0.39 is 0 Å². The minimum absolute atomic E-state index is 0.850. The molecule has 0 saturated carbocycles. The van der Waals surface area contributed by atoms with Crippen LogP contribution in [-0.2, 0) is 5.75 Å².